The molecule has 2 amide bonds. The Balaban J connectivity index is 1.61. The number of halogens is 1. The van der Waals surface area contributed by atoms with Crippen molar-refractivity contribution in [3.8, 4) is 0 Å². The summed E-state index contributed by atoms with van der Waals surface area (Å²) in [5.41, 5.74) is 1.17. The van der Waals surface area contributed by atoms with Gasteiger partial charge < -0.3 is 20.7 Å². The Bertz CT molecular complexity index is 1460. The van der Waals surface area contributed by atoms with E-state index < -0.39 is 17.6 Å². The molecular formula is C28H26ClN3O4. The van der Waals surface area contributed by atoms with E-state index in [0.717, 1.165) is 5.56 Å². The second-order valence-corrected chi connectivity index (χ2v) is 9.59. The number of carbonyl (C=O) groups is 2. The number of rotatable bonds is 7. The van der Waals surface area contributed by atoms with Crippen LogP contribution in [0.2, 0.25) is 5.02 Å². The van der Waals surface area contributed by atoms with Crippen molar-refractivity contribution in [2.45, 2.75) is 25.5 Å². The highest BCUT2D eigenvalue weighted by atomic mass is 35.5. The minimum Gasteiger partial charge on any atom is -0.389 e. The molecule has 1 unspecified atom stereocenters. The molecule has 0 bridgehead atoms. The minimum atomic E-state index is -1.03. The number of hydrogen-bond acceptors (Lipinski definition) is 4. The van der Waals surface area contributed by atoms with Crippen molar-refractivity contribution >= 4 is 34.3 Å². The quantitative estimate of drug-likeness (QED) is 0.303. The molecule has 0 aliphatic heterocycles. The zero-order valence-corrected chi connectivity index (χ0v) is 20.6. The highest BCUT2D eigenvalue weighted by Crippen LogP contribution is 2.23. The van der Waals surface area contributed by atoms with E-state index in [0.29, 0.717) is 32.6 Å². The number of benzene rings is 3. The van der Waals surface area contributed by atoms with E-state index in [1.54, 1.807) is 62.5 Å². The lowest BCUT2D eigenvalue weighted by atomic mass is 9.97. The summed E-state index contributed by atoms with van der Waals surface area (Å²) in [5.74, 6) is -0.753. The zero-order chi connectivity index (χ0) is 25.9. The number of carbonyl (C=O) groups excluding carboxylic acids is 2. The molecule has 0 radical (unpaired) electrons. The maximum Gasteiger partial charge on any atom is 0.252 e. The maximum absolute atomic E-state index is 13.3. The lowest BCUT2D eigenvalue weighted by Gasteiger charge is -2.20. The van der Waals surface area contributed by atoms with Crippen molar-refractivity contribution in [3.63, 3.8) is 0 Å². The summed E-state index contributed by atoms with van der Waals surface area (Å²) in [6, 6.07) is 19.7. The molecule has 0 aliphatic carbocycles. The SMILES string of the molecule is CC(C)(O)CNC(=O)c1ccc(C(=O)NC(c2ccccc2)c2c[nH]c3cc(Cl)ccc3c2=O)cc1. The molecule has 4 aromatic rings. The van der Waals surface area contributed by atoms with Crippen LogP contribution in [0.15, 0.2) is 83.8 Å². The van der Waals surface area contributed by atoms with Gasteiger partial charge in [-0.3, -0.25) is 14.4 Å². The van der Waals surface area contributed by atoms with Crippen LogP contribution in [0, 0.1) is 0 Å². The van der Waals surface area contributed by atoms with Crippen LogP contribution in [0.1, 0.15) is 51.7 Å². The molecule has 7 nitrogen and oxygen atoms in total. The number of aromatic nitrogens is 1. The van der Waals surface area contributed by atoms with Crippen LogP contribution < -0.4 is 16.1 Å². The number of H-pyrrole nitrogens is 1. The van der Waals surface area contributed by atoms with Gasteiger partial charge in [0.05, 0.1) is 17.2 Å². The van der Waals surface area contributed by atoms with Crippen molar-refractivity contribution in [2.24, 2.45) is 0 Å². The van der Waals surface area contributed by atoms with Gasteiger partial charge in [0.2, 0.25) is 0 Å². The number of fused-ring (bicyclic) bond motifs is 1. The Hall–Kier alpha value is -3.94. The molecular weight excluding hydrogens is 478 g/mol. The van der Waals surface area contributed by atoms with Crippen LogP contribution in [0.25, 0.3) is 10.9 Å². The Morgan fingerprint density at radius 1 is 0.972 bits per heavy atom. The lowest BCUT2D eigenvalue weighted by Crippen LogP contribution is -2.38. The smallest absolute Gasteiger partial charge is 0.252 e. The third-order valence-corrected chi connectivity index (χ3v) is 5.92. The Morgan fingerprint density at radius 2 is 1.61 bits per heavy atom. The molecule has 1 heterocycles. The summed E-state index contributed by atoms with van der Waals surface area (Å²) >= 11 is 6.06. The molecule has 184 valence electrons. The van der Waals surface area contributed by atoms with E-state index in [1.165, 1.54) is 0 Å². The summed E-state index contributed by atoms with van der Waals surface area (Å²) in [6.45, 7) is 3.29. The van der Waals surface area contributed by atoms with Crippen molar-refractivity contribution in [1.29, 1.82) is 0 Å². The molecule has 1 aromatic heterocycles. The highest BCUT2D eigenvalue weighted by Gasteiger charge is 2.22. The van der Waals surface area contributed by atoms with Crippen LogP contribution in [0.3, 0.4) is 0 Å². The fourth-order valence-corrected chi connectivity index (χ4v) is 3.97. The number of aromatic amines is 1. The Morgan fingerprint density at radius 3 is 2.25 bits per heavy atom. The molecule has 0 saturated heterocycles. The standard InChI is InChI=1S/C28H26ClN3O4/c1-28(2,36)16-31-26(34)18-8-10-19(11-9-18)27(35)32-24(17-6-4-3-5-7-17)22-15-30-23-14-20(29)12-13-21(23)25(22)33/h3-15,24,36H,16H2,1-2H3,(H,30,33)(H,31,34)(H,32,35). The average Bonchev–Trinajstić information content (AvgIpc) is 2.86. The molecule has 8 heteroatoms. The first kappa shape index (κ1) is 25.2. The fourth-order valence-electron chi connectivity index (χ4n) is 3.80. The Labute approximate surface area is 213 Å². The third kappa shape index (κ3) is 5.82. The van der Waals surface area contributed by atoms with Crippen molar-refractivity contribution in [2.75, 3.05) is 6.54 Å². The maximum atomic E-state index is 13.3. The average molecular weight is 504 g/mol. The number of hydrogen-bond donors (Lipinski definition) is 4. The lowest BCUT2D eigenvalue weighted by molar-refractivity contribution is 0.0694. The van der Waals surface area contributed by atoms with E-state index in [-0.39, 0.29) is 17.9 Å². The first-order chi connectivity index (χ1) is 17.1. The van der Waals surface area contributed by atoms with Crippen LogP contribution in [0.4, 0.5) is 0 Å². The number of amides is 2. The van der Waals surface area contributed by atoms with Gasteiger partial charge in [-0.2, -0.15) is 0 Å². The number of aliphatic hydroxyl groups is 1. The summed E-state index contributed by atoms with van der Waals surface area (Å²) in [5, 5.41) is 16.4. The number of nitrogens with one attached hydrogen (secondary N) is 3. The molecule has 0 fully saturated rings. The highest BCUT2D eigenvalue weighted by molar-refractivity contribution is 6.31. The molecule has 0 spiro atoms. The van der Waals surface area contributed by atoms with Gasteiger partial charge in [0, 0.05) is 39.8 Å². The van der Waals surface area contributed by atoms with Crippen LogP contribution in [-0.2, 0) is 0 Å². The van der Waals surface area contributed by atoms with E-state index in [4.69, 9.17) is 11.6 Å². The van der Waals surface area contributed by atoms with Crippen molar-refractivity contribution < 1.29 is 14.7 Å². The van der Waals surface area contributed by atoms with Gasteiger partial charge in [0.15, 0.2) is 5.43 Å². The summed E-state index contributed by atoms with van der Waals surface area (Å²) < 4.78 is 0. The van der Waals surface area contributed by atoms with Gasteiger partial charge in [-0.1, -0.05) is 41.9 Å². The first-order valence-corrected chi connectivity index (χ1v) is 11.8. The van der Waals surface area contributed by atoms with Gasteiger partial charge in [-0.15, -0.1) is 0 Å². The van der Waals surface area contributed by atoms with E-state index in [2.05, 4.69) is 15.6 Å². The second kappa shape index (κ2) is 10.4. The molecule has 0 aliphatic rings. The van der Waals surface area contributed by atoms with Crippen LogP contribution >= 0.6 is 11.6 Å². The van der Waals surface area contributed by atoms with Gasteiger partial charge in [0.25, 0.3) is 11.8 Å². The Kier molecular flexibility index (Phi) is 7.24. The summed E-state index contributed by atoms with van der Waals surface area (Å²) in [7, 11) is 0. The molecule has 4 N–H and O–H groups in total. The predicted molar refractivity (Wildman–Crippen MR) is 140 cm³/mol. The second-order valence-electron chi connectivity index (χ2n) is 9.15. The van der Waals surface area contributed by atoms with Gasteiger partial charge >= 0.3 is 0 Å². The van der Waals surface area contributed by atoms with E-state index in [1.807, 2.05) is 30.3 Å². The zero-order valence-electron chi connectivity index (χ0n) is 19.8. The molecule has 36 heavy (non-hydrogen) atoms. The van der Waals surface area contributed by atoms with Crippen molar-refractivity contribution in [1.82, 2.24) is 15.6 Å². The minimum absolute atomic E-state index is 0.0966. The van der Waals surface area contributed by atoms with Crippen LogP contribution in [0.5, 0.6) is 0 Å². The van der Waals surface area contributed by atoms with Crippen molar-refractivity contribution in [3.05, 3.63) is 116 Å². The fraction of sp³-hybridized carbons (Fsp3) is 0.179. The molecule has 1 atom stereocenters. The van der Waals surface area contributed by atoms with Gasteiger partial charge in [-0.05, 0) is 61.9 Å². The normalized spacial score (nSPS) is 12.2. The predicted octanol–water partition coefficient (Wildman–Crippen LogP) is 4.20. The first-order valence-electron chi connectivity index (χ1n) is 11.4. The molecule has 3 aromatic carbocycles. The molecule has 0 saturated carbocycles. The van der Waals surface area contributed by atoms with Gasteiger partial charge in [0.1, 0.15) is 0 Å². The third-order valence-electron chi connectivity index (χ3n) is 5.68. The van der Waals surface area contributed by atoms with E-state index in [9.17, 15) is 19.5 Å². The topological polar surface area (TPSA) is 111 Å². The molecule has 4 rings (SSSR count). The number of pyridine rings is 1. The van der Waals surface area contributed by atoms with Gasteiger partial charge in [-0.25, -0.2) is 0 Å². The van der Waals surface area contributed by atoms with E-state index >= 15 is 0 Å². The summed E-state index contributed by atoms with van der Waals surface area (Å²) in [4.78, 5) is 42.0. The van der Waals surface area contributed by atoms with Crippen LogP contribution in [-0.4, -0.2) is 34.1 Å². The summed E-state index contributed by atoms with van der Waals surface area (Å²) in [6.07, 6.45) is 1.59. The largest absolute Gasteiger partial charge is 0.389 e. The monoisotopic (exact) mass is 503 g/mol.